The minimum absolute atomic E-state index is 0.273. The summed E-state index contributed by atoms with van der Waals surface area (Å²) in [4.78, 5) is 20.9. The quantitative estimate of drug-likeness (QED) is 0.340. The van der Waals surface area contributed by atoms with Gasteiger partial charge < -0.3 is 19.8 Å². The van der Waals surface area contributed by atoms with E-state index in [9.17, 15) is 9.18 Å². The topological polar surface area (TPSA) is 63.2 Å². The number of anilines is 1. The molecule has 182 valence electrons. The van der Waals surface area contributed by atoms with Crippen LogP contribution in [-0.4, -0.2) is 36.4 Å². The molecule has 0 bridgehead atoms. The lowest BCUT2D eigenvalue weighted by atomic mass is 10.0. The van der Waals surface area contributed by atoms with Crippen LogP contribution in [0.3, 0.4) is 0 Å². The number of hydrogen-bond acceptors (Lipinski definition) is 4. The standard InChI is InChI=1S/C29H26FN3O3/c1-35-28-12-5-4-10-25(28)27-17-23(36-32-27)19-33(18-20-13-15-22(30)16-14-20)29(34)31-26-11-6-8-21-7-2-3-9-24(21)26/h2-16,23H,17-19H2,1H3,(H,31,34). The molecule has 1 unspecified atom stereocenters. The SMILES string of the molecule is COc1ccccc1C1=NOC(CN(Cc2ccc(F)cc2)C(=O)Nc2cccc3ccccc23)C1. The summed E-state index contributed by atoms with van der Waals surface area (Å²) in [6, 6.07) is 27.2. The van der Waals surface area contributed by atoms with Crippen molar-refractivity contribution in [3.05, 3.63) is 108 Å². The van der Waals surface area contributed by atoms with Crippen LogP contribution in [0.4, 0.5) is 14.9 Å². The maximum Gasteiger partial charge on any atom is 0.322 e. The summed E-state index contributed by atoms with van der Waals surface area (Å²) in [6.07, 6.45) is 0.200. The van der Waals surface area contributed by atoms with Crippen molar-refractivity contribution in [2.45, 2.75) is 19.1 Å². The van der Waals surface area contributed by atoms with Gasteiger partial charge in [0.05, 0.1) is 25.1 Å². The van der Waals surface area contributed by atoms with Crippen LogP contribution in [0.25, 0.3) is 10.8 Å². The van der Waals surface area contributed by atoms with Crippen LogP contribution in [0.5, 0.6) is 5.75 Å². The van der Waals surface area contributed by atoms with E-state index in [1.807, 2.05) is 66.7 Å². The Labute approximate surface area is 208 Å². The number of halogens is 1. The summed E-state index contributed by atoms with van der Waals surface area (Å²) >= 11 is 0. The van der Waals surface area contributed by atoms with E-state index in [0.717, 1.165) is 39.0 Å². The Morgan fingerprint density at radius 1 is 1.03 bits per heavy atom. The van der Waals surface area contributed by atoms with Gasteiger partial charge in [-0.2, -0.15) is 0 Å². The average Bonchev–Trinajstić information content (AvgIpc) is 3.38. The normalized spacial score (nSPS) is 14.7. The lowest BCUT2D eigenvalue weighted by Crippen LogP contribution is -2.40. The number of hydrogen-bond donors (Lipinski definition) is 1. The highest BCUT2D eigenvalue weighted by Gasteiger charge is 2.28. The Kier molecular flexibility index (Phi) is 6.80. The summed E-state index contributed by atoms with van der Waals surface area (Å²) in [5.74, 6) is 0.400. The monoisotopic (exact) mass is 483 g/mol. The van der Waals surface area contributed by atoms with Gasteiger partial charge >= 0.3 is 6.03 Å². The van der Waals surface area contributed by atoms with Gasteiger partial charge in [-0.15, -0.1) is 0 Å². The first-order valence-corrected chi connectivity index (χ1v) is 11.7. The van der Waals surface area contributed by atoms with Crippen molar-refractivity contribution >= 4 is 28.2 Å². The predicted octanol–water partition coefficient (Wildman–Crippen LogP) is 6.21. The third kappa shape index (κ3) is 5.15. The molecule has 1 aliphatic rings. The number of urea groups is 1. The van der Waals surface area contributed by atoms with Gasteiger partial charge in [-0.3, -0.25) is 0 Å². The van der Waals surface area contributed by atoms with Crippen LogP contribution in [0.15, 0.2) is 96.2 Å². The maximum absolute atomic E-state index is 13.5. The molecule has 0 saturated carbocycles. The molecule has 2 amide bonds. The van der Waals surface area contributed by atoms with Gasteiger partial charge in [0.2, 0.25) is 0 Å². The number of oxime groups is 1. The number of nitrogens with one attached hydrogen (secondary N) is 1. The van der Waals surface area contributed by atoms with Crippen LogP contribution < -0.4 is 10.1 Å². The molecule has 4 aromatic rings. The predicted molar refractivity (Wildman–Crippen MR) is 139 cm³/mol. The summed E-state index contributed by atoms with van der Waals surface area (Å²) in [5.41, 5.74) is 3.18. The summed E-state index contributed by atoms with van der Waals surface area (Å²) in [7, 11) is 1.62. The molecule has 1 heterocycles. The largest absolute Gasteiger partial charge is 0.496 e. The van der Waals surface area contributed by atoms with Crippen LogP contribution in [-0.2, 0) is 11.4 Å². The smallest absolute Gasteiger partial charge is 0.322 e. The van der Waals surface area contributed by atoms with E-state index in [2.05, 4.69) is 10.5 Å². The van der Waals surface area contributed by atoms with E-state index >= 15 is 0 Å². The number of rotatable bonds is 7. The number of methoxy groups -OCH3 is 1. The van der Waals surface area contributed by atoms with Crippen molar-refractivity contribution in [2.75, 3.05) is 19.0 Å². The Morgan fingerprint density at radius 2 is 1.78 bits per heavy atom. The highest BCUT2D eigenvalue weighted by Crippen LogP contribution is 2.26. The molecule has 1 aliphatic heterocycles. The number of benzene rings is 4. The second-order valence-corrected chi connectivity index (χ2v) is 8.63. The molecule has 0 saturated heterocycles. The first-order chi connectivity index (χ1) is 17.6. The fourth-order valence-corrected chi connectivity index (χ4v) is 4.37. The van der Waals surface area contributed by atoms with Crippen molar-refractivity contribution in [3.8, 4) is 5.75 Å². The molecule has 0 aromatic heterocycles. The number of nitrogens with zero attached hydrogens (tertiary/aromatic N) is 2. The zero-order chi connectivity index (χ0) is 24.9. The summed E-state index contributed by atoms with van der Waals surface area (Å²) in [6.45, 7) is 0.594. The van der Waals surface area contributed by atoms with Gasteiger partial charge in [0.1, 0.15) is 11.6 Å². The Hall–Kier alpha value is -4.39. The highest BCUT2D eigenvalue weighted by atomic mass is 19.1. The van der Waals surface area contributed by atoms with E-state index in [-0.39, 0.29) is 18.0 Å². The van der Waals surface area contributed by atoms with Gasteiger partial charge in [-0.1, -0.05) is 65.8 Å². The van der Waals surface area contributed by atoms with Gasteiger partial charge in [0, 0.05) is 23.9 Å². The molecule has 0 aliphatic carbocycles. The summed E-state index contributed by atoms with van der Waals surface area (Å²) < 4.78 is 18.9. The molecular weight excluding hydrogens is 457 g/mol. The van der Waals surface area contributed by atoms with Crippen molar-refractivity contribution in [2.24, 2.45) is 5.16 Å². The van der Waals surface area contributed by atoms with Crippen molar-refractivity contribution < 1.29 is 18.8 Å². The van der Waals surface area contributed by atoms with Crippen molar-refractivity contribution in [1.82, 2.24) is 4.90 Å². The number of para-hydroxylation sites is 1. The average molecular weight is 484 g/mol. The Balaban J connectivity index is 1.35. The van der Waals surface area contributed by atoms with E-state index in [0.29, 0.717) is 19.5 Å². The van der Waals surface area contributed by atoms with E-state index in [1.165, 1.54) is 12.1 Å². The zero-order valence-electron chi connectivity index (χ0n) is 19.9. The maximum atomic E-state index is 13.5. The molecule has 5 rings (SSSR count). The molecule has 1 atom stereocenters. The molecule has 0 fully saturated rings. The number of amides is 2. The van der Waals surface area contributed by atoms with Gasteiger partial charge in [-0.25, -0.2) is 9.18 Å². The highest BCUT2D eigenvalue weighted by molar-refractivity contribution is 6.04. The van der Waals surface area contributed by atoms with Crippen molar-refractivity contribution in [1.29, 1.82) is 0 Å². The fourth-order valence-electron chi connectivity index (χ4n) is 4.37. The Morgan fingerprint density at radius 3 is 2.61 bits per heavy atom. The molecule has 4 aromatic carbocycles. The zero-order valence-corrected chi connectivity index (χ0v) is 19.9. The molecule has 6 nitrogen and oxygen atoms in total. The number of carbonyl (C=O) groups excluding carboxylic acids is 1. The lowest BCUT2D eigenvalue weighted by molar-refractivity contribution is 0.0608. The third-order valence-electron chi connectivity index (χ3n) is 6.18. The van der Waals surface area contributed by atoms with Gasteiger partial charge in [-0.05, 0) is 41.3 Å². The summed E-state index contributed by atoms with van der Waals surface area (Å²) in [5, 5.41) is 9.32. The fraction of sp³-hybridized carbons (Fsp3) is 0.172. The second kappa shape index (κ2) is 10.5. The van der Waals surface area contributed by atoms with E-state index in [1.54, 1.807) is 24.1 Å². The van der Waals surface area contributed by atoms with Crippen LogP contribution in [0, 0.1) is 5.82 Å². The van der Waals surface area contributed by atoms with Crippen LogP contribution in [0.2, 0.25) is 0 Å². The number of ether oxygens (including phenoxy) is 1. The third-order valence-corrected chi connectivity index (χ3v) is 6.18. The van der Waals surface area contributed by atoms with Crippen molar-refractivity contribution in [3.63, 3.8) is 0 Å². The molecule has 1 N–H and O–H groups in total. The van der Waals surface area contributed by atoms with Gasteiger partial charge in [0.25, 0.3) is 0 Å². The first kappa shape index (κ1) is 23.4. The Bertz CT molecular complexity index is 1400. The van der Waals surface area contributed by atoms with Crippen LogP contribution >= 0.6 is 0 Å². The molecular formula is C29H26FN3O3. The van der Waals surface area contributed by atoms with E-state index in [4.69, 9.17) is 9.57 Å². The van der Waals surface area contributed by atoms with E-state index < -0.39 is 0 Å². The van der Waals surface area contributed by atoms with Gasteiger partial charge in [0.15, 0.2) is 6.10 Å². The number of fused-ring (bicyclic) bond motifs is 1. The minimum Gasteiger partial charge on any atom is -0.496 e. The molecule has 0 radical (unpaired) electrons. The second-order valence-electron chi connectivity index (χ2n) is 8.63. The first-order valence-electron chi connectivity index (χ1n) is 11.7. The molecule has 0 spiro atoms. The minimum atomic E-state index is -0.330. The molecule has 7 heteroatoms. The lowest BCUT2D eigenvalue weighted by Gasteiger charge is -2.25. The van der Waals surface area contributed by atoms with Crippen LogP contribution in [0.1, 0.15) is 17.5 Å². The molecule has 36 heavy (non-hydrogen) atoms. The number of carbonyl (C=O) groups is 1.